The van der Waals surface area contributed by atoms with Gasteiger partial charge in [-0.15, -0.1) is 6.58 Å². The standard InChI is InChI=1S/C21H34N4O2/c1-6-8-9-10-11-14-25(4)21(22-7-2)23-16-18-12-13-20(27-5)19(15-18)24-17(3)26/h6,12-13,15H,1,7-11,14,16H2,2-5H3,(H,22,23)(H,24,26). The van der Waals surface area contributed by atoms with Crippen LogP contribution in [0.1, 0.15) is 45.1 Å². The van der Waals surface area contributed by atoms with Gasteiger partial charge in [-0.3, -0.25) is 4.79 Å². The molecule has 1 aromatic carbocycles. The van der Waals surface area contributed by atoms with Crippen LogP contribution in [0.3, 0.4) is 0 Å². The van der Waals surface area contributed by atoms with Gasteiger partial charge in [-0.2, -0.15) is 0 Å². The summed E-state index contributed by atoms with van der Waals surface area (Å²) in [4.78, 5) is 18.3. The number of unbranched alkanes of at least 4 members (excludes halogenated alkanes) is 3. The maximum atomic E-state index is 11.4. The van der Waals surface area contributed by atoms with Gasteiger partial charge in [0, 0.05) is 27.1 Å². The molecule has 2 N–H and O–H groups in total. The van der Waals surface area contributed by atoms with Gasteiger partial charge < -0.3 is 20.3 Å². The normalized spacial score (nSPS) is 11.0. The quantitative estimate of drug-likeness (QED) is 0.268. The second kappa shape index (κ2) is 12.8. The molecule has 0 atom stereocenters. The highest BCUT2D eigenvalue weighted by Crippen LogP contribution is 2.25. The lowest BCUT2D eigenvalue weighted by atomic mass is 10.2. The minimum atomic E-state index is -0.126. The molecule has 1 aromatic rings. The summed E-state index contributed by atoms with van der Waals surface area (Å²) in [5.74, 6) is 1.40. The topological polar surface area (TPSA) is 66.0 Å². The molecule has 1 amide bonds. The van der Waals surface area contributed by atoms with E-state index in [9.17, 15) is 4.79 Å². The summed E-state index contributed by atoms with van der Waals surface area (Å²) in [6.07, 6.45) is 6.55. The van der Waals surface area contributed by atoms with Crippen LogP contribution in [0.5, 0.6) is 5.75 Å². The predicted molar refractivity (Wildman–Crippen MR) is 113 cm³/mol. The number of hydrogen-bond acceptors (Lipinski definition) is 3. The number of nitrogens with zero attached hydrogens (tertiary/aromatic N) is 2. The summed E-state index contributed by atoms with van der Waals surface area (Å²) in [6.45, 7) is 9.62. The zero-order chi connectivity index (χ0) is 20.1. The molecule has 150 valence electrons. The molecule has 6 nitrogen and oxygen atoms in total. The molecule has 0 fully saturated rings. The van der Waals surface area contributed by atoms with Crippen molar-refractivity contribution >= 4 is 17.6 Å². The fourth-order valence-corrected chi connectivity index (χ4v) is 2.70. The van der Waals surface area contributed by atoms with Crippen molar-refractivity contribution in [2.24, 2.45) is 4.99 Å². The molecule has 0 heterocycles. The Hall–Kier alpha value is -2.50. The van der Waals surface area contributed by atoms with Gasteiger partial charge in [0.2, 0.25) is 5.91 Å². The number of methoxy groups -OCH3 is 1. The number of ether oxygens (including phenoxy) is 1. The van der Waals surface area contributed by atoms with Crippen molar-refractivity contribution in [3.63, 3.8) is 0 Å². The molecule has 0 bridgehead atoms. The largest absolute Gasteiger partial charge is 0.495 e. The second-order valence-corrected chi connectivity index (χ2v) is 6.45. The minimum absolute atomic E-state index is 0.126. The van der Waals surface area contributed by atoms with E-state index in [1.54, 1.807) is 7.11 Å². The first-order valence-corrected chi connectivity index (χ1v) is 9.56. The number of amides is 1. The molecule has 0 aliphatic carbocycles. The van der Waals surface area contributed by atoms with Crippen LogP contribution in [0.4, 0.5) is 5.69 Å². The van der Waals surface area contributed by atoms with Crippen LogP contribution in [0.15, 0.2) is 35.8 Å². The van der Waals surface area contributed by atoms with Crippen LogP contribution in [0.2, 0.25) is 0 Å². The van der Waals surface area contributed by atoms with Gasteiger partial charge in [-0.1, -0.05) is 18.6 Å². The van der Waals surface area contributed by atoms with Crippen molar-refractivity contribution in [3.05, 3.63) is 36.4 Å². The maximum absolute atomic E-state index is 11.4. The van der Waals surface area contributed by atoms with Crippen LogP contribution in [-0.2, 0) is 11.3 Å². The monoisotopic (exact) mass is 374 g/mol. The highest BCUT2D eigenvalue weighted by molar-refractivity contribution is 5.90. The molecule has 0 saturated carbocycles. The van der Waals surface area contributed by atoms with Crippen molar-refractivity contribution in [3.8, 4) is 5.75 Å². The van der Waals surface area contributed by atoms with E-state index in [0.29, 0.717) is 18.0 Å². The molecule has 0 aliphatic rings. The Morgan fingerprint density at radius 3 is 2.74 bits per heavy atom. The summed E-state index contributed by atoms with van der Waals surface area (Å²) in [7, 11) is 3.65. The number of allylic oxidation sites excluding steroid dienone is 1. The van der Waals surface area contributed by atoms with Crippen molar-refractivity contribution in [1.29, 1.82) is 0 Å². The Balaban J connectivity index is 2.75. The van der Waals surface area contributed by atoms with Crippen LogP contribution in [0.25, 0.3) is 0 Å². The van der Waals surface area contributed by atoms with E-state index in [4.69, 9.17) is 9.73 Å². The van der Waals surface area contributed by atoms with E-state index in [1.165, 1.54) is 19.8 Å². The number of anilines is 1. The SMILES string of the molecule is C=CCCCCCN(C)C(=NCc1ccc(OC)c(NC(C)=O)c1)NCC. The summed E-state index contributed by atoms with van der Waals surface area (Å²) >= 11 is 0. The molecule has 6 heteroatoms. The molecule has 0 spiro atoms. The van der Waals surface area contributed by atoms with Crippen LogP contribution < -0.4 is 15.4 Å². The van der Waals surface area contributed by atoms with Gasteiger partial charge in [0.1, 0.15) is 5.75 Å². The predicted octanol–water partition coefficient (Wildman–Crippen LogP) is 3.80. The Bertz CT molecular complexity index is 629. The van der Waals surface area contributed by atoms with Gasteiger partial charge >= 0.3 is 0 Å². The molecule has 0 radical (unpaired) electrons. The zero-order valence-corrected chi connectivity index (χ0v) is 17.2. The van der Waals surface area contributed by atoms with E-state index in [-0.39, 0.29) is 5.91 Å². The molecular weight excluding hydrogens is 340 g/mol. The van der Waals surface area contributed by atoms with Gasteiger partial charge in [-0.05, 0) is 43.9 Å². The smallest absolute Gasteiger partial charge is 0.221 e. The van der Waals surface area contributed by atoms with Gasteiger partial charge in [0.15, 0.2) is 5.96 Å². The number of carbonyl (C=O) groups excluding carboxylic acids is 1. The lowest BCUT2D eigenvalue weighted by molar-refractivity contribution is -0.114. The molecular formula is C21H34N4O2. The number of benzene rings is 1. The first kappa shape index (κ1) is 22.5. The molecule has 0 aliphatic heterocycles. The summed E-state index contributed by atoms with van der Waals surface area (Å²) in [5.41, 5.74) is 1.67. The van der Waals surface area contributed by atoms with E-state index in [0.717, 1.165) is 37.5 Å². The third kappa shape index (κ3) is 8.62. The molecule has 1 rings (SSSR count). The van der Waals surface area contributed by atoms with Crippen molar-refractivity contribution in [2.45, 2.75) is 46.1 Å². The number of hydrogen-bond donors (Lipinski definition) is 2. The highest BCUT2D eigenvalue weighted by Gasteiger charge is 2.08. The zero-order valence-electron chi connectivity index (χ0n) is 17.2. The third-order valence-corrected chi connectivity index (χ3v) is 4.08. The fourth-order valence-electron chi connectivity index (χ4n) is 2.70. The van der Waals surface area contributed by atoms with Crippen LogP contribution in [-0.4, -0.2) is 44.0 Å². The molecule has 27 heavy (non-hydrogen) atoms. The summed E-state index contributed by atoms with van der Waals surface area (Å²) in [5, 5.41) is 6.14. The Morgan fingerprint density at radius 2 is 2.11 bits per heavy atom. The molecule has 0 unspecified atom stereocenters. The summed E-state index contributed by atoms with van der Waals surface area (Å²) < 4.78 is 5.30. The molecule has 0 saturated heterocycles. The number of rotatable bonds is 11. The Morgan fingerprint density at radius 1 is 1.33 bits per heavy atom. The van der Waals surface area contributed by atoms with Gasteiger partial charge in [0.05, 0.1) is 19.3 Å². The van der Waals surface area contributed by atoms with Crippen molar-refractivity contribution in [1.82, 2.24) is 10.2 Å². The number of aliphatic imine (C=N–C) groups is 1. The number of nitrogens with one attached hydrogen (secondary N) is 2. The van der Waals surface area contributed by atoms with E-state index in [1.807, 2.05) is 24.3 Å². The van der Waals surface area contributed by atoms with Crippen LogP contribution >= 0.6 is 0 Å². The van der Waals surface area contributed by atoms with E-state index < -0.39 is 0 Å². The van der Waals surface area contributed by atoms with Crippen molar-refractivity contribution in [2.75, 3.05) is 32.6 Å². The Kier molecular flexibility index (Phi) is 10.7. The Labute approximate surface area is 163 Å². The lowest BCUT2D eigenvalue weighted by Crippen LogP contribution is -2.39. The highest BCUT2D eigenvalue weighted by atomic mass is 16.5. The van der Waals surface area contributed by atoms with Crippen LogP contribution in [0, 0.1) is 0 Å². The van der Waals surface area contributed by atoms with E-state index in [2.05, 4.69) is 36.1 Å². The maximum Gasteiger partial charge on any atom is 0.221 e. The first-order valence-electron chi connectivity index (χ1n) is 9.56. The van der Waals surface area contributed by atoms with Gasteiger partial charge in [-0.25, -0.2) is 4.99 Å². The first-order chi connectivity index (χ1) is 13.0. The lowest BCUT2D eigenvalue weighted by Gasteiger charge is -2.22. The number of carbonyl (C=O) groups is 1. The fraction of sp³-hybridized carbons (Fsp3) is 0.524. The second-order valence-electron chi connectivity index (χ2n) is 6.45. The number of guanidine groups is 1. The minimum Gasteiger partial charge on any atom is -0.495 e. The molecule has 0 aromatic heterocycles. The van der Waals surface area contributed by atoms with Gasteiger partial charge in [0.25, 0.3) is 0 Å². The average molecular weight is 375 g/mol. The third-order valence-electron chi connectivity index (χ3n) is 4.08. The van der Waals surface area contributed by atoms with E-state index >= 15 is 0 Å². The summed E-state index contributed by atoms with van der Waals surface area (Å²) in [6, 6.07) is 5.72. The van der Waals surface area contributed by atoms with Crippen molar-refractivity contribution < 1.29 is 9.53 Å². The average Bonchev–Trinajstić information content (AvgIpc) is 2.64.